The summed E-state index contributed by atoms with van der Waals surface area (Å²) in [4.78, 5) is 24.2. The number of benzene rings is 3. The quantitative estimate of drug-likeness (QED) is 0.402. The number of carbonyl (C=O) groups is 1. The zero-order valence-corrected chi connectivity index (χ0v) is 16.6. The Morgan fingerprint density at radius 2 is 1.79 bits per heavy atom. The van der Waals surface area contributed by atoms with Crippen molar-refractivity contribution >= 4 is 38.7 Å². The topological polar surface area (TPSA) is 87.6 Å². The maximum Gasteiger partial charge on any atom is 0.257 e. The summed E-state index contributed by atoms with van der Waals surface area (Å²) in [5.41, 5.74) is 2.42. The van der Waals surface area contributed by atoms with Crippen LogP contribution in [0.2, 0.25) is 0 Å². The summed E-state index contributed by atoms with van der Waals surface area (Å²) in [7, 11) is 5.48. The van der Waals surface area contributed by atoms with Crippen molar-refractivity contribution in [1.82, 2.24) is 20.2 Å². The average Bonchev–Trinajstić information content (AvgIpc) is 2.71. The molecule has 0 aliphatic carbocycles. The second-order valence-electron chi connectivity index (χ2n) is 7.10. The Morgan fingerprint density at radius 1 is 1.03 bits per heavy atom. The highest BCUT2D eigenvalue weighted by Gasteiger charge is 2.19. The van der Waals surface area contributed by atoms with Crippen molar-refractivity contribution in [3.8, 4) is 11.5 Å². The number of phenols is 1. The molecule has 0 aliphatic rings. The van der Waals surface area contributed by atoms with Gasteiger partial charge in [0.1, 0.15) is 22.6 Å². The smallest absolute Gasteiger partial charge is 0.257 e. The number of amides is 1. The van der Waals surface area contributed by atoms with E-state index in [0.717, 1.165) is 16.5 Å². The van der Waals surface area contributed by atoms with Crippen molar-refractivity contribution in [3.05, 3.63) is 48.0 Å². The van der Waals surface area contributed by atoms with E-state index in [1.54, 1.807) is 13.2 Å². The number of nitrogens with one attached hydrogen (secondary N) is 1. The summed E-state index contributed by atoms with van der Waals surface area (Å²) in [5, 5.41) is 15.0. The zero-order valence-electron chi connectivity index (χ0n) is 16.6. The molecule has 1 heterocycles. The molecule has 0 saturated carbocycles. The van der Waals surface area contributed by atoms with Crippen molar-refractivity contribution in [2.75, 3.05) is 34.3 Å². The van der Waals surface area contributed by atoms with Gasteiger partial charge in [-0.3, -0.25) is 4.79 Å². The van der Waals surface area contributed by atoms with Crippen molar-refractivity contribution in [1.29, 1.82) is 0 Å². The second-order valence-corrected chi connectivity index (χ2v) is 7.10. The molecular weight excluding hydrogens is 368 g/mol. The molecule has 0 saturated heterocycles. The fraction of sp³-hybridized carbons (Fsp3) is 0.227. The molecule has 4 aromatic rings. The summed E-state index contributed by atoms with van der Waals surface area (Å²) in [6, 6.07) is 12.7. The molecule has 0 atom stereocenters. The first-order valence-electron chi connectivity index (χ1n) is 9.31. The molecule has 0 fully saturated rings. The highest BCUT2D eigenvalue weighted by Crippen LogP contribution is 2.32. The van der Waals surface area contributed by atoms with Crippen LogP contribution in [0.1, 0.15) is 10.4 Å². The van der Waals surface area contributed by atoms with Gasteiger partial charge in [0.05, 0.1) is 23.7 Å². The van der Waals surface area contributed by atoms with Gasteiger partial charge in [-0.2, -0.15) is 0 Å². The molecule has 2 N–H and O–H groups in total. The number of rotatable bonds is 5. The molecule has 0 bridgehead atoms. The predicted octanol–water partition coefficient (Wildman–Crippen LogP) is 2.94. The van der Waals surface area contributed by atoms with Crippen molar-refractivity contribution in [3.63, 3.8) is 0 Å². The predicted molar refractivity (Wildman–Crippen MR) is 114 cm³/mol. The standard InChI is InChI=1S/C22H22N4O3/c1-26(2)12-11-23-22(28)19-17(27)10-9-16-21(19)25-20-14-5-4-6-18(29-3)13(14)7-8-15(20)24-16/h4-10,27H,11-12H2,1-3H3,(H,23,28). The van der Waals surface area contributed by atoms with Crippen molar-refractivity contribution < 1.29 is 14.6 Å². The van der Waals surface area contributed by atoms with Gasteiger partial charge in [-0.05, 0) is 44.4 Å². The number of nitrogens with zero attached hydrogens (tertiary/aromatic N) is 3. The second kappa shape index (κ2) is 7.52. The fourth-order valence-corrected chi connectivity index (χ4v) is 3.41. The highest BCUT2D eigenvalue weighted by atomic mass is 16.5. The van der Waals surface area contributed by atoms with Crippen LogP contribution < -0.4 is 10.1 Å². The Morgan fingerprint density at radius 3 is 2.55 bits per heavy atom. The molecule has 0 unspecified atom stereocenters. The number of phenolic OH excluding ortho intramolecular Hbond substituents is 1. The van der Waals surface area contributed by atoms with Gasteiger partial charge in [0, 0.05) is 23.9 Å². The molecule has 7 heteroatoms. The van der Waals surface area contributed by atoms with Gasteiger partial charge in [0.15, 0.2) is 0 Å². The third kappa shape index (κ3) is 3.40. The minimum Gasteiger partial charge on any atom is -0.507 e. The normalized spacial score (nSPS) is 11.4. The van der Waals surface area contributed by atoms with Crippen LogP contribution in [-0.2, 0) is 0 Å². The maximum atomic E-state index is 12.8. The number of carbonyl (C=O) groups excluding carboxylic acids is 1. The number of aromatic nitrogens is 2. The summed E-state index contributed by atoms with van der Waals surface area (Å²) in [6.45, 7) is 1.15. The number of fused-ring (bicyclic) bond motifs is 4. The molecular formula is C22H22N4O3. The molecule has 7 nitrogen and oxygen atoms in total. The average molecular weight is 390 g/mol. The number of methoxy groups -OCH3 is 1. The van der Waals surface area contributed by atoms with E-state index in [4.69, 9.17) is 9.72 Å². The van der Waals surface area contributed by atoms with E-state index in [0.29, 0.717) is 35.2 Å². The van der Waals surface area contributed by atoms with Crippen LogP contribution in [0.15, 0.2) is 42.5 Å². The van der Waals surface area contributed by atoms with Gasteiger partial charge in [0.25, 0.3) is 5.91 Å². The van der Waals surface area contributed by atoms with E-state index in [9.17, 15) is 9.90 Å². The van der Waals surface area contributed by atoms with E-state index in [1.807, 2.05) is 49.3 Å². The third-order valence-corrected chi connectivity index (χ3v) is 4.86. The molecule has 4 rings (SSSR count). The number of aromatic hydroxyl groups is 1. The van der Waals surface area contributed by atoms with Gasteiger partial charge >= 0.3 is 0 Å². The minimum atomic E-state index is -0.374. The number of hydrogen-bond donors (Lipinski definition) is 2. The molecule has 1 amide bonds. The molecule has 0 radical (unpaired) electrons. The van der Waals surface area contributed by atoms with Crippen LogP contribution in [-0.4, -0.2) is 60.2 Å². The monoisotopic (exact) mass is 390 g/mol. The maximum absolute atomic E-state index is 12.8. The van der Waals surface area contributed by atoms with Gasteiger partial charge in [-0.1, -0.05) is 12.1 Å². The molecule has 148 valence electrons. The van der Waals surface area contributed by atoms with Gasteiger partial charge in [0.2, 0.25) is 0 Å². The van der Waals surface area contributed by atoms with Crippen molar-refractivity contribution in [2.24, 2.45) is 0 Å². The lowest BCUT2D eigenvalue weighted by Gasteiger charge is -2.13. The van der Waals surface area contributed by atoms with Crippen LogP contribution in [0.3, 0.4) is 0 Å². The van der Waals surface area contributed by atoms with Crippen LogP contribution in [0, 0.1) is 0 Å². The van der Waals surface area contributed by atoms with Gasteiger partial charge in [-0.25, -0.2) is 9.97 Å². The molecule has 0 spiro atoms. The number of hydrogen-bond acceptors (Lipinski definition) is 6. The van der Waals surface area contributed by atoms with E-state index in [-0.39, 0.29) is 17.2 Å². The van der Waals surface area contributed by atoms with Crippen LogP contribution >= 0.6 is 0 Å². The van der Waals surface area contributed by atoms with Gasteiger partial charge < -0.3 is 20.1 Å². The number of ether oxygens (including phenoxy) is 1. The lowest BCUT2D eigenvalue weighted by atomic mass is 10.1. The van der Waals surface area contributed by atoms with Crippen LogP contribution in [0.5, 0.6) is 11.5 Å². The molecule has 29 heavy (non-hydrogen) atoms. The Bertz CT molecular complexity index is 1240. The highest BCUT2D eigenvalue weighted by molar-refractivity contribution is 6.12. The molecule has 3 aromatic carbocycles. The Labute approximate surface area is 167 Å². The lowest BCUT2D eigenvalue weighted by molar-refractivity contribution is 0.0950. The Kier molecular flexibility index (Phi) is 4.90. The van der Waals surface area contributed by atoms with Crippen LogP contribution in [0.25, 0.3) is 32.8 Å². The summed E-state index contributed by atoms with van der Waals surface area (Å²) >= 11 is 0. The summed E-state index contributed by atoms with van der Waals surface area (Å²) < 4.78 is 5.45. The van der Waals surface area contributed by atoms with Crippen molar-refractivity contribution in [2.45, 2.75) is 0 Å². The first-order valence-corrected chi connectivity index (χ1v) is 9.31. The van der Waals surface area contributed by atoms with E-state index >= 15 is 0 Å². The minimum absolute atomic E-state index is 0.119. The third-order valence-electron chi connectivity index (χ3n) is 4.86. The zero-order chi connectivity index (χ0) is 20.5. The molecule has 0 aliphatic heterocycles. The SMILES string of the molecule is COc1cccc2c1ccc1nc3ccc(O)c(C(=O)NCCN(C)C)c3nc12. The Hall–Kier alpha value is -3.45. The molecule has 1 aromatic heterocycles. The first-order chi connectivity index (χ1) is 14.0. The van der Waals surface area contributed by atoms with E-state index in [2.05, 4.69) is 10.3 Å². The summed E-state index contributed by atoms with van der Waals surface area (Å²) in [5.74, 6) is 0.247. The van der Waals surface area contributed by atoms with E-state index < -0.39 is 0 Å². The Balaban J connectivity index is 1.92. The van der Waals surface area contributed by atoms with E-state index in [1.165, 1.54) is 6.07 Å². The lowest BCUT2D eigenvalue weighted by Crippen LogP contribution is -2.31. The number of likely N-dealkylation sites (N-methyl/N-ethyl adjacent to an activating group) is 1. The summed E-state index contributed by atoms with van der Waals surface area (Å²) in [6.07, 6.45) is 0. The van der Waals surface area contributed by atoms with Gasteiger partial charge in [-0.15, -0.1) is 0 Å². The largest absolute Gasteiger partial charge is 0.507 e. The van der Waals surface area contributed by atoms with Crippen LogP contribution in [0.4, 0.5) is 0 Å². The fourth-order valence-electron chi connectivity index (χ4n) is 3.41. The first kappa shape index (κ1) is 18.9.